The summed E-state index contributed by atoms with van der Waals surface area (Å²) in [6, 6.07) is 9.75. The molecule has 0 aromatic heterocycles. The second-order valence-corrected chi connectivity index (χ2v) is 5.61. The molecule has 3 heteroatoms. The molecule has 2 aromatic rings. The summed E-state index contributed by atoms with van der Waals surface area (Å²) in [5.41, 5.74) is 11.8. The SMILES string of the molecule is COc1c(C(N)c2cc(C)cc(Cl)c2)ccc(C)c1C. The van der Waals surface area contributed by atoms with Gasteiger partial charge in [-0.2, -0.15) is 0 Å². The van der Waals surface area contributed by atoms with Crippen molar-refractivity contribution in [1.82, 2.24) is 0 Å². The van der Waals surface area contributed by atoms with Crippen LogP contribution >= 0.6 is 11.6 Å². The third-order valence-corrected chi connectivity index (χ3v) is 3.89. The van der Waals surface area contributed by atoms with E-state index in [1.54, 1.807) is 7.11 Å². The smallest absolute Gasteiger partial charge is 0.127 e. The fourth-order valence-electron chi connectivity index (χ4n) is 2.45. The van der Waals surface area contributed by atoms with Gasteiger partial charge < -0.3 is 10.5 Å². The second kappa shape index (κ2) is 5.86. The first kappa shape index (κ1) is 14.9. The van der Waals surface area contributed by atoms with Crippen molar-refractivity contribution >= 4 is 11.6 Å². The van der Waals surface area contributed by atoms with Crippen LogP contribution in [0.1, 0.15) is 33.9 Å². The molecule has 0 spiro atoms. The normalized spacial score (nSPS) is 12.3. The number of nitrogens with two attached hydrogens (primary N) is 1. The molecule has 0 aliphatic heterocycles. The van der Waals surface area contributed by atoms with Crippen LogP contribution in [0.2, 0.25) is 5.02 Å². The Morgan fingerprint density at radius 2 is 1.80 bits per heavy atom. The van der Waals surface area contributed by atoms with Gasteiger partial charge in [0, 0.05) is 10.6 Å². The molecule has 1 unspecified atom stereocenters. The topological polar surface area (TPSA) is 35.2 Å². The van der Waals surface area contributed by atoms with E-state index >= 15 is 0 Å². The summed E-state index contributed by atoms with van der Waals surface area (Å²) in [5.74, 6) is 0.857. The van der Waals surface area contributed by atoms with Gasteiger partial charge in [0.25, 0.3) is 0 Å². The summed E-state index contributed by atoms with van der Waals surface area (Å²) in [7, 11) is 1.68. The maximum atomic E-state index is 6.41. The van der Waals surface area contributed by atoms with Crippen molar-refractivity contribution in [2.75, 3.05) is 7.11 Å². The van der Waals surface area contributed by atoms with Crippen molar-refractivity contribution in [3.63, 3.8) is 0 Å². The lowest BCUT2D eigenvalue weighted by molar-refractivity contribution is 0.404. The number of aryl methyl sites for hydroxylation is 2. The van der Waals surface area contributed by atoms with Gasteiger partial charge in [-0.1, -0.05) is 29.8 Å². The van der Waals surface area contributed by atoms with Gasteiger partial charge in [0.2, 0.25) is 0 Å². The Morgan fingerprint density at radius 3 is 2.40 bits per heavy atom. The maximum absolute atomic E-state index is 6.41. The molecule has 0 bridgehead atoms. The lowest BCUT2D eigenvalue weighted by atomic mass is 9.94. The Morgan fingerprint density at radius 1 is 1.10 bits per heavy atom. The first-order valence-electron chi connectivity index (χ1n) is 6.60. The molecule has 106 valence electrons. The summed E-state index contributed by atoms with van der Waals surface area (Å²) in [6.45, 7) is 6.13. The predicted molar refractivity (Wildman–Crippen MR) is 84.7 cm³/mol. The monoisotopic (exact) mass is 289 g/mol. The van der Waals surface area contributed by atoms with Crippen molar-refractivity contribution in [2.24, 2.45) is 5.73 Å². The van der Waals surface area contributed by atoms with E-state index in [1.807, 2.05) is 32.0 Å². The van der Waals surface area contributed by atoms with E-state index in [9.17, 15) is 0 Å². The average Bonchev–Trinajstić information content (AvgIpc) is 2.39. The third-order valence-electron chi connectivity index (χ3n) is 3.67. The van der Waals surface area contributed by atoms with E-state index in [2.05, 4.69) is 19.1 Å². The van der Waals surface area contributed by atoms with Gasteiger partial charge in [-0.3, -0.25) is 0 Å². The molecule has 20 heavy (non-hydrogen) atoms. The van der Waals surface area contributed by atoms with Crippen molar-refractivity contribution in [3.05, 3.63) is 63.2 Å². The van der Waals surface area contributed by atoms with Gasteiger partial charge in [-0.25, -0.2) is 0 Å². The molecule has 0 heterocycles. The fraction of sp³-hybridized carbons (Fsp3) is 0.294. The number of hydrogen-bond donors (Lipinski definition) is 1. The first-order chi connectivity index (χ1) is 9.43. The highest BCUT2D eigenvalue weighted by Gasteiger charge is 2.17. The summed E-state index contributed by atoms with van der Waals surface area (Å²) in [4.78, 5) is 0. The van der Waals surface area contributed by atoms with E-state index in [1.165, 1.54) is 5.56 Å². The van der Waals surface area contributed by atoms with Gasteiger partial charge in [0.1, 0.15) is 5.75 Å². The van der Waals surface area contributed by atoms with Crippen LogP contribution in [-0.2, 0) is 0 Å². The van der Waals surface area contributed by atoms with Crippen LogP contribution in [0.5, 0.6) is 5.75 Å². The minimum atomic E-state index is -0.248. The van der Waals surface area contributed by atoms with Crippen molar-refractivity contribution < 1.29 is 4.74 Å². The highest BCUT2D eigenvalue weighted by molar-refractivity contribution is 6.30. The summed E-state index contributed by atoms with van der Waals surface area (Å²) < 4.78 is 5.55. The Balaban J connectivity index is 2.53. The number of benzene rings is 2. The van der Waals surface area contributed by atoms with E-state index in [-0.39, 0.29) is 6.04 Å². The van der Waals surface area contributed by atoms with Crippen molar-refractivity contribution in [3.8, 4) is 5.75 Å². The van der Waals surface area contributed by atoms with Crippen LogP contribution in [-0.4, -0.2) is 7.11 Å². The minimum Gasteiger partial charge on any atom is -0.496 e. The fourth-order valence-corrected chi connectivity index (χ4v) is 2.75. The van der Waals surface area contributed by atoms with Gasteiger partial charge >= 0.3 is 0 Å². The Bertz CT molecular complexity index is 617. The van der Waals surface area contributed by atoms with Gasteiger partial charge in [0.05, 0.1) is 13.2 Å². The van der Waals surface area contributed by atoms with Gasteiger partial charge in [-0.15, -0.1) is 0 Å². The Labute approximate surface area is 125 Å². The molecule has 0 amide bonds. The molecular formula is C17H20ClNO. The van der Waals surface area contributed by atoms with E-state index in [0.717, 1.165) is 28.0 Å². The molecular weight excluding hydrogens is 270 g/mol. The zero-order chi connectivity index (χ0) is 14.9. The zero-order valence-electron chi connectivity index (χ0n) is 12.3. The predicted octanol–water partition coefficient (Wildman–Crippen LogP) is 4.32. The quantitative estimate of drug-likeness (QED) is 0.913. The molecule has 2 N–H and O–H groups in total. The first-order valence-corrected chi connectivity index (χ1v) is 6.98. The Hall–Kier alpha value is -1.51. The average molecular weight is 290 g/mol. The molecule has 1 atom stereocenters. The summed E-state index contributed by atoms with van der Waals surface area (Å²) >= 11 is 6.13. The highest BCUT2D eigenvalue weighted by atomic mass is 35.5. The van der Waals surface area contributed by atoms with Crippen LogP contribution in [0.15, 0.2) is 30.3 Å². The van der Waals surface area contributed by atoms with Gasteiger partial charge in [-0.05, 0) is 55.2 Å². The molecule has 0 saturated carbocycles. The molecule has 2 nitrogen and oxygen atoms in total. The summed E-state index contributed by atoms with van der Waals surface area (Å²) in [6.07, 6.45) is 0. The van der Waals surface area contributed by atoms with Crippen LogP contribution in [0.4, 0.5) is 0 Å². The second-order valence-electron chi connectivity index (χ2n) is 5.17. The molecule has 0 saturated heterocycles. The van der Waals surface area contributed by atoms with Gasteiger partial charge in [0.15, 0.2) is 0 Å². The number of hydrogen-bond acceptors (Lipinski definition) is 2. The molecule has 2 aromatic carbocycles. The number of methoxy groups -OCH3 is 1. The largest absolute Gasteiger partial charge is 0.496 e. The summed E-state index contributed by atoms with van der Waals surface area (Å²) in [5, 5.41) is 0.707. The zero-order valence-corrected chi connectivity index (χ0v) is 13.1. The number of halogens is 1. The third kappa shape index (κ3) is 2.82. The van der Waals surface area contributed by atoms with E-state index < -0.39 is 0 Å². The molecule has 0 radical (unpaired) electrons. The van der Waals surface area contributed by atoms with Crippen LogP contribution in [0.25, 0.3) is 0 Å². The molecule has 0 fully saturated rings. The standard InChI is InChI=1S/C17H20ClNO/c1-10-7-13(9-14(18)8-10)16(19)15-6-5-11(2)12(3)17(15)20-4/h5-9,16H,19H2,1-4H3. The van der Waals surface area contributed by atoms with Crippen LogP contribution in [0.3, 0.4) is 0 Å². The molecule has 0 aliphatic carbocycles. The number of ether oxygens (including phenoxy) is 1. The van der Waals surface area contributed by atoms with Crippen LogP contribution < -0.4 is 10.5 Å². The minimum absolute atomic E-state index is 0.248. The molecule has 0 aliphatic rings. The van der Waals surface area contributed by atoms with E-state index in [0.29, 0.717) is 5.02 Å². The maximum Gasteiger partial charge on any atom is 0.127 e. The van der Waals surface area contributed by atoms with Crippen molar-refractivity contribution in [1.29, 1.82) is 0 Å². The van der Waals surface area contributed by atoms with Crippen molar-refractivity contribution in [2.45, 2.75) is 26.8 Å². The molecule has 2 rings (SSSR count). The van der Waals surface area contributed by atoms with Crippen LogP contribution in [0, 0.1) is 20.8 Å². The highest BCUT2D eigenvalue weighted by Crippen LogP contribution is 2.33. The lowest BCUT2D eigenvalue weighted by Gasteiger charge is -2.19. The Kier molecular flexibility index (Phi) is 4.36. The number of rotatable bonds is 3. The lowest BCUT2D eigenvalue weighted by Crippen LogP contribution is -2.14. The van der Waals surface area contributed by atoms with E-state index in [4.69, 9.17) is 22.1 Å².